The molecule has 1 heterocycles. The van der Waals surface area contributed by atoms with Gasteiger partial charge in [0.25, 0.3) is 0 Å². The summed E-state index contributed by atoms with van der Waals surface area (Å²) in [5, 5.41) is 9.00. The molecule has 0 aromatic rings. The number of nitrogens with zero attached hydrogens (tertiary/aromatic N) is 2. The number of urea groups is 1. The summed E-state index contributed by atoms with van der Waals surface area (Å²) in [6.07, 6.45) is 1.14. The average molecular weight is 284 g/mol. The second kappa shape index (κ2) is 7.50. The normalized spacial score (nSPS) is 16.8. The van der Waals surface area contributed by atoms with Gasteiger partial charge in [0.15, 0.2) is 0 Å². The number of carbonyl (C=O) groups is 2. The van der Waals surface area contributed by atoms with Crippen molar-refractivity contribution in [2.75, 3.05) is 26.2 Å². The molecule has 0 unspecified atom stereocenters. The summed E-state index contributed by atoms with van der Waals surface area (Å²) >= 11 is 0. The molecule has 1 aliphatic rings. The Morgan fingerprint density at radius 3 is 1.90 bits per heavy atom. The predicted octanol–water partition coefficient (Wildman–Crippen LogP) is 2.52. The molecule has 0 radical (unpaired) electrons. The van der Waals surface area contributed by atoms with Crippen molar-refractivity contribution in [2.24, 2.45) is 17.8 Å². The number of carboxylic acids is 1. The Morgan fingerprint density at radius 2 is 1.55 bits per heavy atom. The van der Waals surface area contributed by atoms with E-state index in [4.69, 9.17) is 5.11 Å². The van der Waals surface area contributed by atoms with Crippen LogP contribution in [0.1, 0.15) is 40.5 Å². The van der Waals surface area contributed by atoms with Crippen molar-refractivity contribution in [3.8, 4) is 0 Å². The lowest BCUT2D eigenvalue weighted by atomic mass is 9.97. The third-order valence-electron chi connectivity index (χ3n) is 3.56. The highest BCUT2D eigenvalue weighted by atomic mass is 16.4. The molecule has 0 bridgehead atoms. The van der Waals surface area contributed by atoms with Crippen molar-refractivity contribution in [3.63, 3.8) is 0 Å². The summed E-state index contributed by atoms with van der Waals surface area (Å²) in [6, 6.07) is 0.0660. The smallest absolute Gasteiger partial charge is 0.320 e. The van der Waals surface area contributed by atoms with E-state index in [-0.39, 0.29) is 11.9 Å². The molecule has 0 spiro atoms. The van der Waals surface area contributed by atoms with Crippen molar-refractivity contribution >= 4 is 12.0 Å². The second-order valence-corrected chi connectivity index (χ2v) is 6.57. The summed E-state index contributed by atoms with van der Waals surface area (Å²) in [4.78, 5) is 27.2. The zero-order valence-corrected chi connectivity index (χ0v) is 13.1. The number of carboxylic acid groups (broad SMARTS) is 1. The first-order valence-electron chi connectivity index (χ1n) is 7.58. The molecule has 0 atom stereocenters. The Morgan fingerprint density at radius 1 is 1.10 bits per heavy atom. The fourth-order valence-electron chi connectivity index (χ4n) is 2.63. The van der Waals surface area contributed by atoms with Gasteiger partial charge in [0.1, 0.15) is 0 Å². The minimum Gasteiger partial charge on any atom is -0.481 e. The lowest BCUT2D eigenvalue weighted by molar-refractivity contribution is -0.143. The van der Waals surface area contributed by atoms with Gasteiger partial charge in [-0.25, -0.2) is 4.79 Å². The van der Waals surface area contributed by atoms with Gasteiger partial charge in [0, 0.05) is 26.2 Å². The van der Waals surface area contributed by atoms with Gasteiger partial charge in [-0.15, -0.1) is 0 Å². The van der Waals surface area contributed by atoms with Gasteiger partial charge < -0.3 is 14.9 Å². The standard InChI is InChI=1S/C15H28N2O3/c1-11(2)9-17(10-12(3)4)15(20)16-7-5-13(6-8-16)14(18)19/h11-13H,5-10H2,1-4H3,(H,18,19). The largest absolute Gasteiger partial charge is 0.481 e. The van der Waals surface area contributed by atoms with Crippen molar-refractivity contribution in [1.29, 1.82) is 0 Å². The lowest BCUT2D eigenvalue weighted by Gasteiger charge is -2.36. The number of piperidine rings is 1. The fraction of sp³-hybridized carbons (Fsp3) is 0.867. The zero-order chi connectivity index (χ0) is 15.3. The molecule has 1 saturated heterocycles. The van der Waals surface area contributed by atoms with E-state index in [0.717, 1.165) is 13.1 Å². The molecule has 1 aliphatic heterocycles. The molecule has 20 heavy (non-hydrogen) atoms. The molecule has 0 aromatic heterocycles. The van der Waals surface area contributed by atoms with Crippen LogP contribution < -0.4 is 0 Å². The van der Waals surface area contributed by atoms with Gasteiger partial charge in [-0.2, -0.15) is 0 Å². The Bertz CT molecular complexity index is 324. The van der Waals surface area contributed by atoms with Gasteiger partial charge in [-0.3, -0.25) is 4.79 Å². The first-order chi connectivity index (χ1) is 9.31. The first kappa shape index (κ1) is 16.8. The van der Waals surface area contributed by atoms with Gasteiger partial charge in [0.05, 0.1) is 5.92 Å². The Balaban J connectivity index is 2.59. The van der Waals surface area contributed by atoms with E-state index in [1.807, 2.05) is 9.80 Å². The molecule has 2 amide bonds. The van der Waals surface area contributed by atoms with Gasteiger partial charge in [0.2, 0.25) is 0 Å². The molecular formula is C15H28N2O3. The number of aliphatic carboxylic acids is 1. The molecule has 5 nitrogen and oxygen atoms in total. The van der Waals surface area contributed by atoms with Crippen LogP contribution in [-0.4, -0.2) is 53.1 Å². The van der Waals surface area contributed by atoms with Crippen molar-refractivity contribution in [3.05, 3.63) is 0 Å². The van der Waals surface area contributed by atoms with Crippen LogP contribution >= 0.6 is 0 Å². The van der Waals surface area contributed by atoms with Crippen LogP contribution in [0.25, 0.3) is 0 Å². The third-order valence-corrected chi connectivity index (χ3v) is 3.56. The molecule has 1 N–H and O–H groups in total. The van der Waals surface area contributed by atoms with E-state index in [0.29, 0.717) is 37.8 Å². The lowest BCUT2D eigenvalue weighted by Crippen LogP contribution is -2.49. The fourth-order valence-corrected chi connectivity index (χ4v) is 2.63. The SMILES string of the molecule is CC(C)CN(CC(C)C)C(=O)N1CCC(C(=O)O)CC1. The van der Waals surface area contributed by atoms with E-state index < -0.39 is 5.97 Å². The van der Waals surface area contributed by atoms with Crippen LogP contribution in [0.4, 0.5) is 4.79 Å². The highest BCUT2D eigenvalue weighted by Gasteiger charge is 2.29. The number of rotatable bonds is 5. The van der Waals surface area contributed by atoms with E-state index in [2.05, 4.69) is 27.7 Å². The topological polar surface area (TPSA) is 60.9 Å². The van der Waals surface area contributed by atoms with Gasteiger partial charge >= 0.3 is 12.0 Å². The molecule has 0 aliphatic carbocycles. The zero-order valence-electron chi connectivity index (χ0n) is 13.1. The maximum absolute atomic E-state index is 12.6. The summed E-state index contributed by atoms with van der Waals surface area (Å²) in [5.41, 5.74) is 0. The third kappa shape index (κ3) is 5.02. The second-order valence-electron chi connectivity index (χ2n) is 6.57. The monoisotopic (exact) mass is 284 g/mol. The number of hydrogen-bond acceptors (Lipinski definition) is 2. The average Bonchev–Trinajstić information content (AvgIpc) is 2.36. The number of hydrogen-bond donors (Lipinski definition) is 1. The number of carbonyl (C=O) groups excluding carboxylic acids is 1. The highest BCUT2D eigenvalue weighted by Crippen LogP contribution is 2.19. The van der Waals surface area contributed by atoms with Crippen LogP contribution in [0.3, 0.4) is 0 Å². The van der Waals surface area contributed by atoms with Crippen LogP contribution in [-0.2, 0) is 4.79 Å². The quantitative estimate of drug-likeness (QED) is 0.844. The predicted molar refractivity (Wildman–Crippen MR) is 78.6 cm³/mol. The van der Waals surface area contributed by atoms with E-state index in [1.165, 1.54) is 0 Å². The maximum Gasteiger partial charge on any atom is 0.320 e. The van der Waals surface area contributed by atoms with E-state index >= 15 is 0 Å². The maximum atomic E-state index is 12.6. The summed E-state index contributed by atoms with van der Waals surface area (Å²) in [5.74, 6) is -0.149. The molecule has 0 saturated carbocycles. The Hall–Kier alpha value is -1.26. The summed E-state index contributed by atoms with van der Waals surface area (Å²) in [7, 11) is 0. The van der Waals surface area contributed by atoms with Crippen molar-refractivity contribution in [1.82, 2.24) is 9.80 Å². The van der Waals surface area contributed by atoms with Crippen LogP contribution in [0.2, 0.25) is 0 Å². The molecule has 5 heteroatoms. The highest BCUT2D eigenvalue weighted by molar-refractivity contribution is 5.75. The molecular weight excluding hydrogens is 256 g/mol. The van der Waals surface area contributed by atoms with Gasteiger partial charge in [-0.1, -0.05) is 27.7 Å². The molecule has 1 fully saturated rings. The molecule has 0 aromatic carbocycles. The minimum absolute atomic E-state index is 0.0660. The summed E-state index contributed by atoms with van der Waals surface area (Å²) in [6.45, 7) is 11.1. The van der Waals surface area contributed by atoms with Crippen LogP contribution in [0.5, 0.6) is 0 Å². The Kier molecular flexibility index (Phi) is 6.30. The number of likely N-dealkylation sites (tertiary alicyclic amines) is 1. The Labute approximate surface area is 121 Å². The number of amides is 2. The van der Waals surface area contributed by atoms with Crippen LogP contribution in [0.15, 0.2) is 0 Å². The minimum atomic E-state index is -0.738. The van der Waals surface area contributed by atoms with E-state index in [9.17, 15) is 9.59 Å². The summed E-state index contributed by atoms with van der Waals surface area (Å²) < 4.78 is 0. The van der Waals surface area contributed by atoms with Crippen molar-refractivity contribution < 1.29 is 14.7 Å². The van der Waals surface area contributed by atoms with Gasteiger partial charge in [-0.05, 0) is 24.7 Å². The van der Waals surface area contributed by atoms with Crippen molar-refractivity contribution in [2.45, 2.75) is 40.5 Å². The molecule has 1 rings (SSSR count). The first-order valence-corrected chi connectivity index (χ1v) is 7.58. The molecule has 116 valence electrons. The van der Waals surface area contributed by atoms with Crippen LogP contribution in [0, 0.1) is 17.8 Å². The van der Waals surface area contributed by atoms with E-state index in [1.54, 1.807) is 0 Å².